The van der Waals surface area contributed by atoms with Crippen molar-refractivity contribution in [3.63, 3.8) is 0 Å². The molecule has 2 aromatic rings. The molecule has 0 bridgehead atoms. The molecule has 0 aliphatic carbocycles. The van der Waals surface area contributed by atoms with E-state index in [1.807, 2.05) is 39.8 Å². The Balaban J connectivity index is 1.98. The quantitative estimate of drug-likeness (QED) is 0.263. The van der Waals surface area contributed by atoms with Crippen molar-refractivity contribution in [1.29, 1.82) is 0 Å². The summed E-state index contributed by atoms with van der Waals surface area (Å²) in [7, 11) is 0. The van der Waals surface area contributed by atoms with Crippen LogP contribution in [0.25, 0.3) is 6.08 Å². The normalized spacial score (nSPS) is 18.3. The Kier molecular flexibility index (Phi) is 7.86. The lowest BCUT2D eigenvalue weighted by Crippen LogP contribution is -2.41. The van der Waals surface area contributed by atoms with E-state index in [1.54, 1.807) is 30.3 Å². The molecule has 2 heterocycles. The smallest absolute Gasteiger partial charge is 0.308 e. The molecule has 0 spiro atoms. The van der Waals surface area contributed by atoms with Gasteiger partial charge in [-0.25, -0.2) is 0 Å². The second-order valence-electron chi connectivity index (χ2n) is 10.5. The number of rotatable bonds is 6. The predicted octanol–water partition coefficient (Wildman–Crippen LogP) is 5.48. The Morgan fingerprint density at radius 3 is 2.15 bits per heavy atom. The van der Waals surface area contributed by atoms with E-state index in [0.29, 0.717) is 34.6 Å². The van der Waals surface area contributed by atoms with E-state index in [1.165, 1.54) is 20.8 Å². The molecule has 0 unspecified atom stereocenters. The number of ether oxygens (including phenoxy) is 5. The molecular formula is C31H32O9. The number of allylic oxidation sites excluding steroid dienone is 2. The fraction of sp³-hybridized carbons (Fsp3) is 0.355. The predicted molar refractivity (Wildman–Crippen MR) is 146 cm³/mol. The third-order valence-electron chi connectivity index (χ3n) is 6.26. The lowest BCUT2D eigenvalue weighted by molar-refractivity contribution is -0.149. The van der Waals surface area contributed by atoms with Crippen LogP contribution in [0, 0.1) is 0 Å². The van der Waals surface area contributed by atoms with Crippen LogP contribution < -0.4 is 18.9 Å². The molecule has 2 aliphatic heterocycles. The fourth-order valence-corrected chi connectivity index (χ4v) is 4.60. The Hall–Kier alpha value is -4.40. The summed E-state index contributed by atoms with van der Waals surface area (Å²) in [5.74, 6) is -1.48. The number of carbonyl (C=O) groups excluding carboxylic acids is 4. The first kappa shape index (κ1) is 28.6. The third kappa shape index (κ3) is 5.93. The standard InChI is InChI=1S/C31H32O9/c1-16(2)8-13-22-27-23(14-15-31(6,7)40-27)28(37-18(4)33)24-25(35)30(38-19(5)34)26(39-29(22)24)20-9-11-21(12-10-20)36-17(3)32/h8-12,14-15,26,30H,13H2,1-7H3/t26-,30+/m1/s1. The molecule has 210 valence electrons. The van der Waals surface area contributed by atoms with E-state index < -0.39 is 41.5 Å². The summed E-state index contributed by atoms with van der Waals surface area (Å²) in [6.07, 6.45) is 3.49. The van der Waals surface area contributed by atoms with Gasteiger partial charge in [0.05, 0.1) is 5.56 Å². The van der Waals surface area contributed by atoms with Crippen LogP contribution in [0.15, 0.2) is 42.0 Å². The van der Waals surface area contributed by atoms with Gasteiger partial charge in [0.15, 0.2) is 11.9 Å². The number of hydrogen-bond acceptors (Lipinski definition) is 9. The minimum absolute atomic E-state index is 0.00176. The first-order valence-corrected chi connectivity index (χ1v) is 12.9. The van der Waals surface area contributed by atoms with Crippen LogP contribution in [0.2, 0.25) is 0 Å². The Labute approximate surface area is 232 Å². The molecule has 2 atom stereocenters. The maximum atomic E-state index is 14.2. The molecule has 0 aromatic heterocycles. The van der Waals surface area contributed by atoms with E-state index in [4.69, 9.17) is 23.7 Å². The minimum Gasteiger partial charge on any atom is -0.483 e. The van der Waals surface area contributed by atoms with Gasteiger partial charge in [0.2, 0.25) is 11.9 Å². The first-order chi connectivity index (χ1) is 18.8. The highest BCUT2D eigenvalue weighted by Crippen LogP contribution is 2.52. The Morgan fingerprint density at radius 2 is 1.57 bits per heavy atom. The van der Waals surface area contributed by atoms with Gasteiger partial charge >= 0.3 is 17.9 Å². The molecule has 2 aliphatic rings. The average molecular weight is 549 g/mol. The van der Waals surface area contributed by atoms with Gasteiger partial charge in [-0.3, -0.25) is 19.2 Å². The molecule has 2 aromatic carbocycles. The highest BCUT2D eigenvalue weighted by molar-refractivity contribution is 6.09. The summed E-state index contributed by atoms with van der Waals surface area (Å²) in [5.41, 5.74) is 1.87. The van der Waals surface area contributed by atoms with Crippen molar-refractivity contribution >= 4 is 29.8 Å². The summed E-state index contributed by atoms with van der Waals surface area (Å²) in [6, 6.07) is 6.37. The van der Waals surface area contributed by atoms with Gasteiger partial charge in [-0.15, -0.1) is 0 Å². The topological polar surface area (TPSA) is 114 Å². The Morgan fingerprint density at radius 1 is 0.925 bits per heavy atom. The second-order valence-corrected chi connectivity index (χ2v) is 10.5. The van der Waals surface area contributed by atoms with Gasteiger partial charge in [-0.2, -0.15) is 0 Å². The van der Waals surface area contributed by atoms with Crippen molar-refractivity contribution in [3.05, 3.63) is 64.2 Å². The molecule has 0 saturated carbocycles. The molecule has 40 heavy (non-hydrogen) atoms. The minimum atomic E-state index is -1.38. The number of ketones is 1. The van der Waals surface area contributed by atoms with E-state index in [0.717, 1.165) is 5.57 Å². The zero-order valence-corrected chi connectivity index (χ0v) is 23.6. The van der Waals surface area contributed by atoms with Crippen molar-refractivity contribution in [2.45, 2.75) is 72.7 Å². The number of esters is 3. The monoisotopic (exact) mass is 548 g/mol. The first-order valence-electron chi connectivity index (χ1n) is 12.9. The highest BCUT2D eigenvalue weighted by Gasteiger charge is 2.46. The molecule has 0 radical (unpaired) electrons. The van der Waals surface area contributed by atoms with Gasteiger partial charge in [0.25, 0.3) is 0 Å². The number of hydrogen-bond donors (Lipinski definition) is 0. The second kappa shape index (κ2) is 11.0. The van der Waals surface area contributed by atoms with Gasteiger partial charge in [0, 0.05) is 26.3 Å². The fourth-order valence-electron chi connectivity index (χ4n) is 4.60. The summed E-state index contributed by atoms with van der Waals surface area (Å²) in [5, 5.41) is 0. The van der Waals surface area contributed by atoms with Crippen molar-refractivity contribution in [2.24, 2.45) is 0 Å². The van der Waals surface area contributed by atoms with Crippen molar-refractivity contribution in [3.8, 4) is 23.0 Å². The molecule has 0 N–H and O–H groups in total. The van der Waals surface area contributed by atoms with Crippen LogP contribution in [-0.2, 0) is 25.5 Å². The number of carbonyl (C=O) groups is 4. The summed E-state index contributed by atoms with van der Waals surface area (Å²) < 4.78 is 29.1. The molecule has 4 rings (SSSR count). The van der Waals surface area contributed by atoms with E-state index >= 15 is 0 Å². The van der Waals surface area contributed by atoms with E-state index in [-0.39, 0.29) is 17.1 Å². The van der Waals surface area contributed by atoms with Crippen LogP contribution in [0.5, 0.6) is 23.0 Å². The third-order valence-corrected chi connectivity index (χ3v) is 6.26. The van der Waals surface area contributed by atoms with Crippen molar-refractivity contribution < 1.29 is 42.9 Å². The zero-order chi connectivity index (χ0) is 29.4. The molecule has 0 saturated heterocycles. The van der Waals surface area contributed by atoms with E-state index in [2.05, 4.69) is 0 Å². The van der Waals surface area contributed by atoms with Crippen LogP contribution >= 0.6 is 0 Å². The van der Waals surface area contributed by atoms with Crippen LogP contribution in [0.3, 0.4) is 0 Å². The van der Waals surface area contributed by atoms with Gasteiger partial charge in [-0.1, -0.05) is 23.8 Å². The number of Topliss-reactive ketones (excluding diaryl/α,β-unsaturated/α-hetero) is 1. The van der Waals surface area contributed by atoms with Gasteiger partial charge < -0.3 is 23.7 Å². The SMILES string of the molecule is CC(=O)Oc1ccc([C@H]2Oc3c(CC=C(C)C)c4c(c(OC(C)=O)c3C(=O)[C@@H]2OC(C)=O)C=CC(C)(C)O4)cc1. The number of benzene rings is 2. The van der Waals surface area contributed by atoms with Gasteiger partial charge in [0.1, 0.15) is 28.4 Å². The van der Waals surface area contributed by atoms with Crippen LogP contribution in [0.4, 0.5) is 0 Å². The molecule has 9 heteroatoms. The maximum Gasteiger partial charge on any atom is 0.308 e. The average Bonchev–Trinajstić information content (AvgIpc) is 2.84. The van der Waals surface area contributed by atoms with Crippen molar-refractivity contribution in [2.75, 3.05) is 0 Å². The van der Waals surface area contributed by atoms with Crippen molar-refractivity contribution in [1.82, 2.24) is 0 Å². The highest BCUT2D eigenvalue weighted by atomic mass is 16.6. The maximum absolute atomic E-state index is 14.2. The molecular weight excluding hydrogens is 516 g/mol. The lowest BCUT2D eigenvalue weighted by Gasteiger charge is -2.37. The van der Waals surface area contributed by atoms with Gasteiger partial charge in [-0.05, 0) is 64.0 Å². The molecule has 0 fully saturated rings. The molecule has 9 nitrogen and oxygen atoms in total. The Bertz CT molecular complexity index is 1440. The largest absolute Gasteiger partial charge is 0.483 e. The summed E-state index contributed by atoms with van der Waals surface area (Å²) in [6.45, 7) is 11.4. The van der Waals surface area contributed by atoms with Crippen LogP contribution in [-0.4, -0.2) is 35.4 Å². The number of fused-ring (bicyclic) bond motifs is 2. The molecule has 0 amide bonds. The summed E-state index contributed by atoms with van der Waals surface area (Å²) >= 11 is 0. The van der Waals surface area contributed by atoms with Crippen LogP contribution in [0.1, 0.15) is 81.6 Å². The zero-order valence-electron chi connectivity index (χ0n) is 23.6. The summed E-state index contributed by atoms with van der Waals surface area (Å²) in [4.78, 5) is 49.8. The lowest BCUT2D eigenvalue weighted by atomic mass is 9.86. The van der Waals surface area contributed by atoms with E-state index in [9.17, 15) is 19.2 Å².